The van der Waals surface area contributed by atoms with Gasteiger partial charge in [-0.3, -0.25) is 0 Å². The molecule has 0 atom stereocenters. The first kappa shape index (κ1) is 23.2. The predicted octanol–water partition coefficient (Wildman–Crippen LogP) is 1.87. The van der Waals surface area contributed by atoms with Crippen molar-refractivity contribution in [1.29, 1.82) is 0 Å². The lowest BCUT2D eigenvalue weighted by Gasteiger charge is -2.11. The van der Waals surface area contributed by atoms with E-state index < -0.39 is 37.5 Å². The van der Waals surface area contributed by atoms with Gasteiger partial charge < -0.3 is 23.7 Å². The highest BCUT2D eigenvalue weighted by molar-refractivity contribution is 5.90. The fraction of sp³-hybridized carbons (Fsp3) is 0.200. The summed E-state index contributed by atoms with van der Waals surface area (Å²) in [7, 11) is 0. The van der Waals surface area contributed by atoms with Gasteiger partial charge in [0.1, 0.15) is 5.75 Å². The molecular formula is C20H20O9. The molecule has 0 N–H and O–H groups in total. The first-order valence-corrected chi connectivity index (χ1v) is 8.21. The van der Waals surface area contributed by atoms with Gasteiger partial charge in [0.15, 0.2) is 0 Å². The molecule has 0 spiro atoms. The molecule has 0 fully saturated rings. The Hall–Kier alpha value is -3.88. The molecule has 0 amide bonds. The van der Waals surface area contributed by atoms with Crippen LogP contribution in [0.25, 0.3) is 0 Å². The number of esters is 4. The van der Waals surface area contributed by atoms with Crippen LogP contribution in [0.2, 0.25) is 0 Å². The van der Waals surface area contributed by atoms with E-state index >= 15 is 0 Å². The molecule has 1 aromatic rings. The first-order chi connectivity index (χ1) is 13.9. The molecule has 0 radical (unpaired) electrons. The molecule has 0 saturated heterocycles. The number of ether oxygens (including phenoxy) is 5. The maximum atomic E-state index is 12.2. The molecule has 154 valence electrons. The fourth-order valence-corrected chi connectivity index (χ4v) is 1.83. The van der Waals surface area contributed by atoms with E-state index in [-0.39, 0.29) is 24.3 Å². The molecule has 0 aromatic heterocycles. The monoisotopic (exact) mass is 404 g/mol. The zero-order chi connectivity index (χ0) is 21.6. The van der Waals surface area contributed by atoms with Gasteiger partial charge in [0.05, 0.1) is 12.2 Å². The maximum absolute atomic E-state index is 12.2. The van der Waals surface area contributed by atoms with Gasteiger partial charge in [0.25, 0.3) is 0 Å². The minimum atomic E-state index is -0.792. The Balaban J connectivity index is 2.85. The van der Waals surface area contributed by atoms with E-state index in [9.17, 15) is 19.2 Å². The summed E-state index contributed by atoms with van der Waals surface area (Å²) in [5, 5.41) is 0. The van der Waals surface area contributed by atoms with E-state index in [0.717, 1.165) is 18.2 Å². The second kappa shape index (κ2) is 12.5. The quantitative estimate of drug-likeness (QED) is 0.223. The Morgan fingerprint density at radius 3 is 1.97 bits per heavy atom. The molecule has 0 heterocycles. The van der Waals surface area contributed by atoms with E-state index in [2.05, 4.69) is 24.5 Å². The smallest absolute Gasteiger partial charge is 0.341 e. The summed E-state index contributed by atoms with van der Waals surface area (Å²) in [6.07, 6.45) is 3.19. The molecule has 0 saturated carbocycles. The average molecular weight is 404 g/mol. The van der Waals surface area contributed by atoms with Crippen LogP contribution in [0, 0.1) is 0 Å². The molecule has 0 aliphatic rings. The Morgan fingerprint density at radius 1 is 0.759 bits per heavy atom. The summed E-state index contributed by atoms with van der Waals surface area (Å²) < 4.78 is 24.4. The maximum Gasteiger partial charge on any atom is 0.341 e. The average Bonchev–Trinajstić information content (AvgIpc) is 2.72. The second-order valence-electron chi connectivity index (χ2n) is 5.13. The topological polar surface area (TPSA) is 114 Å². The Morgan fingerprint density at radius 2 is 1.34 bits per heavy atom. The lowest BCUT2D eigenvalue weighted by molar-refractivity contribution is -0.146. The summed E-state index contributed by atoms with van der Waals surface area (Å²) >= 11 is 0. The van der Waals surface area contributed by atoms with Crippen molar-refractivity contribution < 1.29 is 42.9 Å². The van der Waals surface area contributed by atoms with Crippen LogP contribution in [0.5, 0.6) is 5.75 Å². The summed E-state index contributed by atoms with van der Waals surface area (Å²) in [6.45, 7) is 8.79. The summed E-state index contributed by atoms with van der Waals surface area (Å²) in [4.78, 5) is 45.4. The SMILES string of the molecule is C=CC(=O)OCCc1cc(OCOC(=O)C=C)cc(C(=O)OCOC(=O)C=C)c1. The zero-order valence-corrected chi connectivity index (χ0v) is 15.6. The van der Waals surface area contributed by atoms with Crippen molar-refractivity contribution in [1.82, 2.24) is 0 Å². The third kappa shape index (κ3) is 9.05. The van der Waals surface area contributed by atoms with Crippen molar-refractivity contribution in [3.8, 4) is 5.75 Å². The van der Waals surface area contributed by atoms with Gasteiger partial charge in [-0.25, -0.2) is 19.2 Å². The van der Waals surface area contributed by atoms with E-state index in [1.807, 2.05) is 0 Å². The minimum absolute atomic E-state index is 0.0329. The summed E-state index contributed by atoms with van der Waals surface area (Å²) in [5.74, 6) is -2.61. The molecular weight excluding hydrogens is 384 g/mol. The van der Waals surface area contributed by atoms with Crippen LogP contribution < -0.4 is 4.74 Å². The highest BCUT2D eigenvalue weighted by Crippen LogP contribution is 2.19. The Labute approximate surface area is 167 Å². The third-order valence-electron chi connectivity index (χ3n) is 3.16. The third-order valence-corrected chi connectivity index (χ3v) is 3.16. The summed E-state index contributed by atoms with van der Waals surface area (Å²) in [5.41, 5.74) is 0.654. The molecule has 1 aromatic carbocycles. The molecule has 0 bridgehead atoms. The van der Waals surface area contributed by atoms with Crippen molar-refractivity contribution in [3.63, 3.8) is 0 Å². The van der Waals surface area contributed by atoms with Gasteiger partial charge in [0, 0.05) is 24.6 Å². The number of rotatable bonds is 12. The standard InChI is InChI=1S/C20H20O9/c1-4-17(21)25-8-7-14-9-15(20(24)29-13-28-19(23)6-3)11-16(10-14)26-12-27-18(22)5-2/h4-6,9-11H,1-3,7-8,12-13H2. The summed E-state index contributed by atoms with van der Waals surface area (Å²) in [6, 6.07) is 4.40. The van der Waals surface area contributed by atoms with Gasteiger partial charge in [-0.2, -0.15) is 0 Å². The number of carbonyl (C=O) groups is 4. The fourth-order valence-electron chi connectivity index (χ4n) is 1.83. The van der Waals surface area contributed by atoms with Gasteiger partial charge >= 0.3 is 23.9 Å². The van der Waals surface area contributed by atoms with Crippen molar-refractivity contribution in [2.24, 2.45) is 0 Å². The molecule has 1 rings (SSSR count). The van der Waals surface area contributed by atoms with E-state index in [0.29, 0.717) is 5.56 Å². The first-order valence-electron chi connectivity index (χ1n) is 8.21. The molecule has 29 heavy (non-hydrogen) atoms. The lowest BCUT2D eigenvalue weighted by atomic mass is 10.1. The Kier molecular flexibility index (Phi) is 9.98. The highest BCUT2D eigenvalue weighted by Gasteiger charge is 2.13. The van der Waals surface area contributed by atoms with Crippen LogP contribution in [0.4, 0.5) is 0 Å². The van der Waals surface area contributed by atoms with E-state index in [4.69, 9.17) is 18.9 Å². The van der Waals surface area contributed by atoms with Crippen LogP contribution in [-0.4, -0.2) is 44.1 Å². The van der Waals surface area contributed by atoms with Crippen LogP contribution in [0.3, 0.4) is 0 Å². The van der Waals surface area contributed by atoms with Crippen molar-refractivity contribution in [2.75, 3.05) is 20.2 Å². The van der Waals surface area contributed by atoms with E-state index in [1.54, 1.807) is 6.07 Å². The minimum Gasteiger partial charge on any atom is -0.462 e. The van der Waals surface area contributed by atoms with Crippen molar-refractivity contribution >= 4 is 23.9 Å². The predicted molar refractivity (Wildman–Crippen MR) is 99.7 cm³/mol. The van der Waals surface area contributed by atoms with Crippen LogP contribution >= 0.6 is 0 Å². The van der Waals surface area contributed by atoms with Crippen LogP contribution in [-0.2, 0) is 39.8 Å². The largest absolute Gasteiger partial charge is 0.462 e. The van der Waals surface area contributed by atoms with Gasteiger partial charge in [-0.15, -0.1) is 0 Å². The number of benzene rings is 1. The van der Waals surface area contributed by atoms with Crippen LogP contribution in [0.1, 0.15) is 15.9 Å². The van der Waals surface area contributed by atoms with Crippen LogP contribution in [0.15, 0.2) is 56.2 Å². The molecule has 0 aliphatic heterocycles. The van der Waals surface area contributed by atoms with Gasteiger partial charge in [0.2, 0.25) is 13.6 Å². The normalized spacial score (nSPS) is 9.52. The molecule has 9 heteroatoms. The molecule has 0 unspecified atom stereocenters. The number of hydrogen-bond acceptors (Lipinski definition) is 9. The lowest BCUT2D eigenvalue weighted by Crippen LogP contribution is -2.13. The number of hydrogen-bond donors (Lipinski definition) is 0. The van der Waals surface area contributed by atoms with Crippen molar-refractivity contribution in [3.05, 3.63) is 67.3 Å². The van der Waals surface area contributed by atoms with Crippen molar-refractivity contribution in [2.45, 2.75) is 6.42 Å². The van der Waals surface area contributed by atoms with Gasteiger partial charge in [-0.1, -0.05) is 19.7 Å². The molecule has 9 nitrogen and oxygen atoms in total. The van der Waals surface area contributed by atoms with E-state index in [1.165, 1.54) is 12.1 Å². The van der Waals surface area contributed by atoms with Gasteiger partial charge in [-0.05, 0) is 23.8 Å². The zero-order valence-electron chi connectivity index (χ0n) is 15.6. The number of carbonyl (C=O) groups excluding carboxylic acids is 4. The Bertz CT molecular complexity index is 751. The second-order valence-corrected chi connectivity index (χ2v) is 5.13. The molecule has 0 aliphatic carbocycles. The highest BCUT2D eigenvalue weighted by atomic mass is 16.7.